The normalized spacial score (nSPS) is 11.6. The first-order chi connectivity index (χ1) is 12.2. The number of carbonyl (C=O) groups excluding carboxylic acids is 3. The third-order valence-corrected chi connectivity index (χ3v) is 3.27. The topological polar surface area (TPSA) is 82.1 Å². The number of ether oxygens (including phenoxy) is 3. The molecule has 2 amide bonds. The van der Waals surface area contributed by atoms with Crippen molar-refractivity contribution >= 4 is 39.8 Å². The fourth-order valence-corrected chi connectivity index (χ4v) is 2.36. The molecule has 0 N–H and O–H groups in total. The second-order valence-electron chi connectivity index (χ2n) is 7.57. The number of methoxy groups -OCH3 is 1. The van der Waals surface area contributed by atoms with Crippen molar-refractivity contribution < 1.29 is 33.0 Å². The van der Waals surface area contributed by atoms with Crippen LogP contribution < -0.4 is 4.90 Å². The number of carbonyl (C=O) groups is 3. The number of amides is 2. The molecule has 9 heteroatoms. The van der Waals surface area contributed by atoms with Crippen LogP contribution >= 0.6 is 15.9 Å². The Morgan fingerprint density at radius 2 is 1.41 bits per heavy atom. The van der Waals surface area contributed by atoms with E-state index in [1.165, 1.54) is 6.07 Å². The lowest BCUT2D eigenvalue weighted by Crippen LogP contribution is -2.45. The number of hydrogen-bond acceptors (Lipinski definition) is 6. The Bertz CT molecular complexity index is 723. The molecule has 1 aromatic carbocycles. The molecule has 0 saturated carbocycles. The number of rotatable bonds is 2. The van der Waals surface area contributed by atoms with Crippen LogP contribution in [-0.4, -0.2) is 36.5 Å². The average molecular weight is 448 g/mol. The molecule has 0 radical (unpaired) electrons. The van der Waals surface area contributed by atoms with Crippen molar-refractivity contribution in [1.82, 2.24) is 0 Å². The molecular formula is C18H23BrFNO6. The van der Waals surface area contributed by atoms with Crippen molar-refractivity contribution in [2.24, 2.45) is 0 Å². The maximum Gasteiger partial charge on any atom is 0.424 e. The van der Waals surface area contributed by atoms with E-state index >= 15 is 0 Å². The predicted molar refractivity (Wildman–Crippen MR) is 100 cm³/mol. The van der Waals surface area contributed by atoms with E-state index in [2.05, 4.69) is 20.7 Å². The van der Waals surface area contributed by atoms with Gasteiger partial charge in [-0.2, -0.15) is 4.90 Å². The summed E-state index contributed by atoms with van der Waals surface area (Å²) in [7, 11) is 1.09. The molecule has 0 atom stereocenters. The third-order valence-electron chi connectivity index (χ3n) is 2.81. The number of hydrogen-bond donors (Lipinski definition) is 0. The number of halogens is 2. The highest BCUT2D eigenvalue weighted by molar-refractivity contribution is 9.10. The largest absolute Gasteiger partial charge is 0.465 e. The van der Waals surface area contributed by atoms with Crippen LogP contribution in [0.5, 0.6) is 0 Å². The van der Waals surface area contributed by atoms with Crippen LogP contribution in [0.25, 0.3) is 0 Å². The zero-order valence-corrected chi connectivity index (χ0v) is 17.9. The predicted octanol–water partition coefficient (Wildman–Crippen LogP) is 5.05. The van der Waals surface area contributed by atoms with Crippen molar-refractivity contribution in [2.45, 2.75) is 52.7 Å². The number of anilines is 1. The van der Waals surface area contributed by atoms with Crippen molar-refractivity contribution in [3.8, 4) is 0 Å². The van der Waals surface area contributed by atoms with E-state index in [-0.39, 0.29) is 10.0 Å². The average Bonchev–Trinajstić information content (AvgIpc) is 2.44. The molecule has 1 aromatic rings. The van der Waals surface area contributed by atoms with Gasteiger partial charge in [-0.15, -0.1) is 0 Å². The van der Waals surface area contributed by atoms with Crippen LogP contribution in [0, 0.1) is 5.82 Å². The number of nitrogens with zero attached hydrogens (tertiary/aromatic N) is 1. The van der Waals surface area contributed by atoms with E-state index in [0.29, 0.717) is 4.90 Å². The molecule has 0 aliphatic heterocycles. The van der Waals surface area contributed by atoms with Gasteiger partial charge in [0.2, 0.25) is 0 Å². The Balaban J connectivity index is 3.62. The number of esters is 1. The number of benzene rings is 1. The van der Waals surface area contributed by atoms with Crippen LogP contribution in [0.1, 0.15) is 51.9 Å². The van der Waals surface area contributed by atoms with Gasteiger partial charge in [-0.3, -0.25) is 0 Å². The standard InChI is InChI=1S/C18H23BrFNO6/c1-17(2,3)26-15(23)21(16(24)27-18(4,5)6)13-11(14(22)25-7)8-10(19)9-12(13)20/h8-9H,1-7H3. The fraction of sp³-hybridized carbons (Fsp3) is 0.500. The lowest BCUT2D eigenvalue weighted by atomic mass is 10.1. The van der Waals surface area contributed by atoms with Gasteiger partial charge in [0.15, 0.2) is 0 Å². The summed E-state index contributed by atoms with van der Waals surface area (Å²) < 4.78 is 30.0. The van der Waals surface area contributed by atoms with Crippen molar-refractivity contribution in [3.63, 3.8) is 0 Å². The van der Waals surface area contributed by atoms with Crippen molar-refractivity contribution in [2.75, 3.05) is 12.0 Å². The van der Waals surface area contributed by atoms with E-state index in [1.54, 1.807) is 41.5 Å². The summed E-state index contributed by atoms with van der Waals surface area (Å²) in [5.74, 6) is -1.95. The summed E-state index contributed by atoms with van der Waals surface area (Å²) in [6.07, 6.45) is -2.38. The zero-order chi connectivity index (χ0) is 21.2. The summed E-state index contributed by atoms with van der Waals surface area (Å²) in [5, 5.41) is 0. The van der Waals surface area contributed by atoms with Crippen LogP contribution in [-0.2, 0) is 14.2 Å². The smallest absolute Gasteiger partial charge is 0.424 e. The summed E-state index contributed by atoms with van der Waals surface area (Å²) in [5.41, 5.74) is -2.92. The Labute approximate surface area is 165 Å². The van der Waals surface area contributed by atoms with Crippen molar-refractivity contribution in [3.05, 3.63) is 28.0 Å². The fourth-order valence-electron chi connectivity index (χ4n) is 1.93. The minimum Gasteiger partial charge on any atom is -0.465 e. The van der Waals surface area contributed by atoms with Crippen molar-refractivity contribution in [1.29, 1.82) is 0 Å². The first kappa shape index (κ1) is 22.9. The van der Waals surface area contributed by atoms with E-state index in [4.69, 9.17) is 9.47 Å². The molecular weight excluding hydrogens is 425 g/mol. The molecule has 0 aromatic heterocycles. The lowest BCUT2D eigenvalue weighted by Gasteiger charge is -2.29. The van der Waals surface area contributed by atoms with Gasteiger partial charge in [-0.05, 0) is 53.7 Å². The highest BCUT2D eigenvalue weighted by atomic mass is 79.9. The monoisotopic (exact) mass is 447 g/mol. The molecule has 0 heterocycles. The maximum atomic E-state index is 14.7. The van der Waals surface area contributed by atoms with Gasteiger partial charge in [0, 0.05) is 4.47 Å². The van der Waals surface area contributed by atoms with Crippen LogP contribution in [0.2, 0.25) is 0 Å². The third kappa shape index (κ3) is 6.50. The van der Waals surface area contributed by atoms with Crippen LogP contribution in [0.15, 0.2) is 16.6 Å². The Morgan fingerprint density at radius 3 is 1.78 bits per heavy atom. The minimum atomic E-state index is -1.19. The summed E-state index contributed by atoms with van der Waals surface area (Å²) in [4.78, 5) is 37.8. The quantitative estimate of drug-likeness (QED) is 0.465. The first-order valence-electron chi connectivity index (χ1n) is 7.99. The van der Waals surface area contributed by atoms with Gasteiger partial charge in [0.25, 0.3) is 0 Å². The molecule has 0 fully saturated rings. The molecule has 0 aliphatic carbocycles. The Hall–Kier alpha value is -2.16. The second kappa shape index (κ2) is 8.24. The highest BCUT2D eigenvalue weighted by Crippen LogP contribution is 2.31. The van der Waals surface area contributed by atoms with Gasteiger partial charge >= 0.3 is 18.2 Å². The van der Waals surface area contributed by atoms with Gasteiger partial charge in [-0.25, -0.2) is 18.8 Å². The molecule has 1 rings (SSSR count). The summed E-state index contributed by atoms with van der Waals surface area (Å²) >= 11 is 3.07. The zero-order valence-electron chi connectivity index (χ0n) is 16.3. The number of imide groups is 1. The molecule has 27 heavy (non-hydrogen) atoms. The Morgan fingerprint density at radius 1 is 0.963 bits per heavy atom. The Kier molecular flexibility index (Phi) is 6.99. The maximum absolute atomic E-state index is 14.7. The van der Waals surface area contributed by atoms with Crippen LogP contribution in [0.3, 0.4) is 0 Å². The molecule has 0 unspecified atom stereocenters. The summed E-state index contributed by atoms with van der Waals surface area (Å²) in [6, 6.07) is 2.23. The van der Waals surface area contributed by atoms with E-state index in [9.17, 15) is 18.8 Å². The van der Waals surface area contributed by atoms with Gasteiger partial charge in [0.05, 0.1) is 12.7 Å². The molecule has 0 aliphatic rings. The molecule has 150 valence electrons. The van der Waals surface area contributed by atoms with E-state index < -0.39 is 40.9 Å². The highest BCUT2D eigenvalue weighted by Gasteiger charge is 2.37. The molecule has 0 spiro atoms. The van der Waals surface area contributed by atoms with Gasteiger partial charge in [-0.1, -0.05) is 15.9 Å². The van der Waals surface area contributed by atoms with Gasteiger partial charge < -0.3 is 14.2 Å². The van der Waals surface area contributed by atoms with Gasteiger partial charge in [0.1, 0.15) is 22.7 Å². The van der Waals surface area contributed by atoms with E-state index in [1.807, 2.05) is 0 Å². The second-order valence-corrected chi connectivity index (χ2v) is 8.49. The molecule has 0 saturated heterocycles. The minimum absolute atomic E-state index is 0.220. The SMILES string of the molecule is COC(=O)c1cc(Br)cc(F)c1N(C(=O)OC(C)(C)C)C(=O)OC(C)(C)C. The molecule has 7 nitrogen and oxygen atoms in total. The lowest BCUT2D eigenvalue weighted by molar-refractivity contribution is 0.0428. The van der Waals surface area contributed by atoms with Crippen LogP contribution in [0.4, 0.5) is 19.7 Å². The first-order valence-corrected chi connectivity index (χ1v) is 8.79. The molecule has 0 bridgehead atoms. The summed E-state index contributed by atoms with van der Waals surface area (Å²) in [6.45, 7) is 9.48. The van der Waals surface area contributed by atoms with E-state index in [0.717, 1.165) is 13.2 Å².